The van der Waals surface area contributed by atoms with Crippen molar-refractivity contribution in [2.45, 2.75) is 25.4 Å². The number of carbonyl (C=O) groups excluding carboxylic acids is 1. The van der Waals surface area contributed by atoms with Crippen LogP contribution in [0.1, 0.15) is 19.3 Å². The number of hydrogen-bond acceptors (Lipinski definition) is 4. The number of aldehydes is 1. The van der Waals surface area contributed by atoms with Crippen molar-refractivity contribution in [1.29, 1.82) is 0 Å². The highest BCUT2D eigenvalue weighted by Crippen LogP contribution is 2.13. The maximum atomic E-state index is 10.6. The lowest BCUT2D eigenvalue weighted by molar-refractivity contribution is -0.192. The SMILES string of the molecule is C1CCOC1.O=C(O)C(F)(F)F.O=CCC(=O)O. The van der Waals surface area contributed by atoms with Crippen LogP contribution < -0.4 is 0 Å². The van der Waals surface area contributed by atoms with Crippen molar-refractivity contribution in [2.24, 2.45) is 0 Å². The Morgan fingerprint density at radius 1 is 1.17 bits per heavy atom. The van der Waals surface area contributed by atoms with Crippen LogP contribution in [-0.4, -0.2) is 47.8 Å². The maximum Gasteiger partial charge on any atom is 0.490 e. The van der Waals surface area contributed by atoms with E-state index in [0.29, 0.717) is 6.29 Å². The smallest absolute Gasteiger partial charge is 0.481 e. The second-order valence-corrected chi connectivity index (χ2v) is 2.89. The molecule has 2 N–H and O–H groups in total. The molecular weight excluding hydrogens is 261 g/mol. The summed E-state index contributed by atoms with van der Waals surface area (Å²) in [5, 5.41) is 14.8. The van der Waals surface area contributed by atoms with Gasteiger partial charge in [0.25, 0.3) is 0 Å². The van der Waals surface area contributed by atoms with E-state index in [1.54, 1.807) is 0 Å². The molecule has 1 heterocycles. The Labute approximate surface area is 100 Å². The summed E-state index contributed by atoms with van der Waals surface area (Å²) in [6.45, 7) is 2.00. The average molecular weight is 274 g/mol. The van der Waals surface area contributed by atoms with E-state index < -0.39 is 18.1 Å². The van der Waals surface area contributed by atoms with Crippen molar-refractivity contribution in [3.63, 3.8) is 0 Å². The third kappa shape index (κ3) is 16.8. The predicted molar refractivity (Wildman–Crippen MR) is 52.1 cm³/mol. The molecule has 6 nitrogen and oxygen atoms in total. The fraction of sp³-hybridized carbons (Fsp3) is 0.667. The molecule has 1 saturated heterocycles. The van der Waals surface area contributed by atoms with E-state index in [1.165, 1.54) is 12.8 Å². The van der Waals surface area contributed by atoms with Crippen LogP contribution >= 0.6 is 0 Å². The van der Waals surface area contributed by atoms with Crippen LogP contribution in [0.4, 0.5) is 13.2 Å². The van der Waals surface area contributed by atoms with Crippen molar-refractivity contribution in [3.8, 4) is 0 Å². The van der Waals surface area contributed by atoms with Crippen LogP contribution in [0.25, 0.3) is 0 Å². The molecule has 0 spiro atoms. The molecule has 0 atom stereocenters. The molecule has 18 heavy (non-hydrogen) atoms. The minimum absolute atomic E-state index is 0.350. The second kappa shape index (κ2) is 10.5. The Hall–Kier alpha value is -1.64. The van der Waals surface area contributed by atoms with Gasteiger partial charge in [-0.2, -0.15) is 13.2 Å². The Kier molecular flexibility index (Phi) is 10.9. The molecule has 106 valence electrons. The van der Waals surface area contributed by atoms with Gasteiger partial charge >= 0.3 is 18.1 Å². The normalized spacial score (nSPS) is 13.5. The van der Waals surface area contributed by atoms with Gasteiger partial charge in [0.1, 0.15) is 12.7 Å². The molecule has 0 bridgehead atoms. The summed E-state index contributed by atoms with van der Waals surface area (Å²) in [6.07, 6.45) is -2.57. The van der Waals surface area contributed by atoms with Gasteiger partial charge in [0.05, 0.1) is 0 Å². The number of halogens is 3. The molecule has 0 unspecified atom stereocenters. The summed E-state index contributed by atoms with van der Waals surface area (Å²) >= 11 is 0. The first-order chi connectivity index (χ1) is 8.21. The maximum absolute atomic E-state index is 10.6. The van der Waals surface area contributed by atoms with E-state index in [0.717, 1.165) is 13.2 Å². The van der Waals surface area contributed by atoms with Crippen LogP contribution in [0.15, 0.2) is 0 Å². The average Bonchev–Trinajstić information content (AvgIpc) is 2.74. The lowest BCUT2D eigenvalue weighted by Crippen LogP contribution is -2.21. The third-order valence-electron chi connectivity index (χ3n) is 1.33. The van der Waals surface area contributed by atoms with Gasteiger partial charge in [0.15, 0.2) is 0 Å². The van der Waals surface area contributed by atoms with Gasteiger partial charge in [0, 0.05) is 13.2 Å². The Morgan fingerprint density at radius 2 is 1.56 bits per heavy atom. The van der Waals surface area contributed by atoms with E-state index in [-0.39, 0.29) is 6.42 Å². The van der Waals surface area contributed by atoms with Crippen LogP contribution in [0, 0.1) is 0 Å². The number of ether oxygens (including phenoxy) is 1. The first kappa shape index (κ1) is 18.7. The van der Waals surface area contributed by atoms with Gasteiger partial charge in [-0.3, -0.25) is 4.79 Å². The molecule has 0 aromatic rings. The number of rotatable bonds is 2. The summed E-state index contributed by atoms with van der Waals surface area (Å²) in [4.78, 5) is 27.5. The third-order valence-corrected chi connectivity index (χ3v) is 1.33. The molecule has 1 aliphatic heterocycles. The molecule has 0 aliphatic carbocycles. The fourth-order valence-electron chi connectivity index (χ4n) is 0.582. The largest absolute Gasteiger partial charge is 0.490 e. The summed E-state index contributed by atoms with van der Waals surface area (Å²) < 4.78 is 36.7. The van der Waals surface area contributed by atoms with Gasteiger partial charge in [-0.25, -0.2) is 4.79 Å². The highest BCUT2D eigenvalue weighted by atomic mass is 19.4. The number of hydrogen-bond donors (Lipinski definition) is 2. The van der Waals surface area contributed by atoms with Crippen LogP contribution in [0.3, 0.4) is 0 Å². The first-order valence-electron chi connectivity index (χ1n) is 4.75. The van der Waals surface area contributed by atoms with Crippen molar-refractivity contribution >= 4 is 18.2 Å². The van der Waals surface area contributed by atoms with Gasteiger partial charge < -0.3 is 19.7 Å². The molecule has 1 aliphatic rings. The number of alkyl halides is 3. The minimum atomic E-state index is -5.08. The number of carboxylic acid groups (broad SMARTS) is 2. The number of carbonyl (C=O) groups is 3. The van der Waals surface area contributed by atoms with Gasteiger partial charge in [-0.15, -0.1) is 0 Å². The summed E-state index contributed by atoms with van der Waals surface area (Å²) in [6, 6.07) is 0. The van der Waals surface area contributed by atoms with Gasteiger partial charge in [-0.1, -0.05) is 0 Å². The molecule has 9 heteroatoms. The molecular formula is C9H13F3O6. The van der Waals surface area contributed by atoms with Crippen LogP contribution in [0.2, 0.25) is 0 Å². The highest BCUT2D eigenvalue weighted by Gasteiger charge is 2.38. The Morgan fingerprint density at radius 3 is 1.61 bits per heavy atom. The molecule has 0 aromatic heterocycles. The zero-order valence-electron chi connectivity index (χ0n) is 9.27. The molecule has 0 radical (unpaired) electrons. The van der Waals surface area contributed by atoms with E-state index in [9.17, 15) is 22.8 Å². The topological polar surface area (TPSA) is 101 Å². The predicted octanol–water partition coefficient (Wildman–Crippen LogP) is 1.09. The summed E-state index contributed by atoms with van der Waals surface area (Å²) in [7, 11) is 0. The van der Waals surface area contributed by atoms with Gasteiger partial charge in [-0.05, 0) is 12.8 Å². The molecule has 1 rings (SSSR count). The standard InChI is InChI=1S/C4H8O.C3H4O3.C2HF3O2/c1-2-4-5-3-1;4-2-1-3(5)6;3-2(4,5)1(6)7/h1-4H2;2H,1H2,(H,5,6);(H,6,7). The van der Waals surface area contributed by atoms with Gasteiger partial charge in [0.2, 0.25) is 0 Å². The van der Waals surface area contributed by atoms with E-state index in [4.69, 9.17) is 19.7 Å². The number of carboxylic acids is 2. The molecule has 1 fully saturated rings. The van der Waals surface area contributed by atoms with Crippen molar-refractivity contribution in [1.82, 2.24) is 0 Å². The summed E-state index contributed by atoms with van der Waals surface area (Å²) in [5.74, 6) is -3.84. The fourth-order valence-corrected chi connectivity index (χ4v) is 0.582. The number of aliphatic carboxylic acids is 2. The molecule has 0 amide bonds. The molecule has 0 saturated carbocycles. The monoisotopic (exact) mass is 274 g/mol. The Bertz CT molecular complexity index is 252. The zero-order valence-corrected chi connectivity index (χ0v) is 9.27. The van der Waals surface area contributed by atoms with E-state index >= 15 is 0 Å². The second-order valence-electron chi connectivity index (χ2n) is 2.89. The Balaban J connectivity index is 0. The highest BCUT2D eigenvalue weighted by molar-refractivity contribution is 5.82. The first-order valence-corrected chi connectivity index (χ1v) is 4.75. The van der Waals surface area contributed by atoms with Crippen molar-refractivity contribution in [3.05, 3.63) is 0 Å². The molecule has 0 aromatic carbocycles. The lowest BCUT2D eigenvalue weighted by atomic mass is 10.4. The minimum Gasteiger partial charge on any atom is -0.481 e. The van der Waals surface area contributed by atoms with E-state index in [1.807, 2.05) is 0 Å². The lowest BCUT2D eigenvalue weighted by Gasteiger charge is -1.93. The van der Waals surface area contributed by atoms with E-state index in [2.05, 4.69) is 0 Å². The quantitative estimate of drug-likeness (QED) is 0.577. The van der Waals surface area contributed by atoms with Crippen LogP contribution in [0.5, 0.6) is 0 Å². The van der Waals surface area contributed by atoms with Crippen LogP contribution in [-0.2, 0) is 19.1 Å². The zero-order chi connectivity index (χ0) is 14.6. The summed E-state index contributed by atoms with van der Waals surface area (Å²) in [5.41, 5.74) is 0. The van der Waals surface area contributed by atoms with Crippen molar-refractivity contribution < 1.29 is 42.5 Å². The van der Waals surface area contributed by atoms with Crippen molar-refractivity contribution in [2.75, 3.05) is 13.2 Å².